The molecule has 0 amide bonds. The van der Waals surface area contributed by atoms with Crippen LogP contribution >= 0.6 is 36.4 Å². The summed E-state index contributed by atoms with van der Waals surface area (Å²) in [5, 5.41) is 0. The highest BCUT2D eigenvalue weighted by molar-refractivity contribution is 6.27. The first-order valence-corrected chi connectivity index (χ1v) is 4.19. The van der Waals surface area contributed by atoms with Gasteiger partial charge in [-0.3, -0.25) is 4.99 Å². The van der Waals surface area contributed by atoms with E-state index in [9.17, 15) is 0 Å². The third-order valence-corrected chi connectivity index (χ3v) is 1.49. The van der Waals surface area contributed by atoms with Crippen molar-refractivity contribution in [2.45, 2.75) is 6.42 Å². The minimum absolute atomic E-state index is 0. The molecule has 0 rings (SSSR count). The van der Waals surface area contributed by atoms with Crippen molar-refractivity contribution in [3.8, 4) is 0 Å². The molecule has 0 heterocycles. The van der Waals surface area contributed by atoms with Crippen LogP contribution in [-0.4, -0.2) is 43.8 Å². The van der Waals surface area contributed by atoms with Crippen LogP contribution in [0.15, 0.2) is 4.99 Å². The topological polar surface area (TPSA) is 41.6 Å². The van der Waals surface area contributed by atoms with Crippen LogP contribution in [0.5, 0.6) is 0 Å². The third-order valence-electron chi connectivity index (χ3n) is 1.22. The van der Waals surface area contributed by atoms with Crippen LogP contribution < -0.4 is 5.73 Å². The highest BCUT2D eigenvalue weighted by Gasteiger charge is 1.90. The number of nitrogens with zero attached hydrogens (tertiary/aromatic N) is 2. The van der Waals surface area contributed by atoms with E-state index in [0.717, 1.165) is 19.5 Å². The lowest BCUT2D eigenvalue weighted by Gasteiger charge is -2.06. The number of hydrogen-bond donors (Lipinski definition) is 1. The largest absolute Gasteiger partial charge is 0.386 e. The van der Waals surface area contributed by atoms with E-state index in [4.69, 9.17) is 17.3 Å². The molecule has 2 N–H and O–H groups in total. The van der Waals surface area contributed by atoms with Gasteiger partial charge in [-0.1, -0.05) is 0 Å². The summed E-state index contributed by atoms with van der Waals surface area (Å²) in [5.74, 6) is 0.868. The Balaban J connectivity index is -0.000000500. The molecule has 0 spiro atoms. The molecule has 0 aromatic rings. The molecule has 0 aliphatic carbocycles. The first-order chi connectivity index (χ1) is 5.16. The molecule has 0 aromatic heterocycles. The Morgan fingerprint density at radius 2 is 1.92 bits per heavy atom. The van der Waals surface area contributed by atoms with Gasteiger partial charge in [0.1, 0.15) is 5.84 Å². The number of nitrogens with two attached hydrogens (primary N) is 1. The quantitative estimate of drug-likeness (QED) is 0.347. The number of halogens is 3. The monoisotopic (exact) mass is 249 g/mol. The highest BCUT2D eigenvalue weighted by Crippen LogP contribution is 1.85. The van der Waals surface area contributed by atoms with Gasteiger partial charge in [0.15, 0.2) is 0 Å². The summed E-state index contributed by atoms with van der Waals surface area (Å²) >= 11 is 5.43. The summed E-state index contributed by atoms with van der Waals surface area (Å²) in [6.07, 6.45) is 1.03. The van der Waals surface area contributed by atoms with Crippen molar-refractivity contribution in [3.05, 3.63) is 0 Å². The molecule has 0 atom stereocenters. The molecule has 0 aliphatic rings. The second-order valence-corrected chi connectivity index (χ2v) is 2.93. The zero-order valence-electron chi connectivity index (χ0n) is 7.99. The van der Waals surface area contributed by atoms with Gasteiger partial charge in [-0.15, -0.1) is 36.4 Å². The number of rotatable bonds is 5. The van der Waals surface area contributed by atoms with Crippen LogP contribution in [0.2, 0.25) is 0 Å². The first kappa shape index (κ1) is 19.0. The van der Waals surface area contributed by atoms with E-state index in [-0.39, 0.29) is 24.8 Å². The zero-order valence-corrected chi connectivity index (χ0v) is 10.4. The Morgan fingerprint density at radius 1 is 1.38 bits per heavy atom. The maximum absolute atomic E-state index is 5.43. The predicted octanol–water partition coefficient (Wildman–Crippen LogP) is 1.38. The van der Waals surface area contributed by atoms with Crippen molar-refractivity contribution in [3.63, 3.8) is 0 Å². The van der Waals surface area contributed by atoms with Gasteiger partial charge in [0, 0.05) is 6.54 Å². The van der Waals surface area contributed by atoms with Crippen LogP contribution in [0.1, 0.15) is 6.42 Å². The number of amidine groups is 1. The molecule has 6 heteroatoms. The molecule has 13 heavy (non-hydrogen) atoms. The van der Waals surface area contributed by atoms with Gasteiger partial charge in [-0.25, -0.2) is 0 Å². The third kappa shape index (κ3) is 15.1. The average Bonchev–Trinajstić information content (AvgIpc) is 1.97. The zero-order chi connectivity index (χ0) is 8.69. The minimum Gasteiger partial charge on any atom is -0.386 e. The molecule has 0 fully saturated rings. The summed E-state index contributed by atoms with van der Waals surface area (Å²) < 4.78 is 0. The molecule has 0 radical (unpaired) electrons. The minimum atomic E-state index is 0. The smallest absolute Gasteiger partial charge is 0.109 e. The van der Waals surface area contributed by atoms with Crippen molar-refractivity contribution in [1.29, 1.82) is 0 Å². The van der Waals surface area contributed by atoms with E-state index in [2.05, 4.69) is 9.89 Å². The lowest BCUT2D eigenvalue weighted by atomic mass is 10.4. The summed E-state index contributed by atoms with van der Waals surface area (Å²) in [7, 11) is 4.07. The Morgan fingerprint density at radius 3 is 2.31 bits per heavy atom. The maximum Gasteiger partial charge on any atom is 0.109 e. The summed E-state index contributed by atoms with van der Waals surface area (Å²) in [6.45, 7) is 1.82. The molecule has 0 saturated carbocycles. The molecular weight excluding hydrogens is 232 g/mol. The Labute approximate surface area is 97.5 Å². The summed E-state index contributed by atoms with van der Waals surface area (Å²) in [4.78, 5) is 6.17. The van der Waals surface area contributed by atoms with Crippen molar-refractivity contribution < 1.29 is 0 Å². The molecule has 0 aliphatic heterocycles. The Kier molecular flexibility index (Phi) is 17.9. The fourth-order valence-corrected chi connectivity index (χ4v) is 0.736. The molecule has 0 bridgehead atoms. The maximum atomic E-state index is 5.43. The van der Waals surface area contributed by atoms with Crippen molar-refractivity contribution >= 4 is 42.3 Å². The molecule has 0 unspecified atom stereocenters. The van der Waals surface area contributed by atoms with Gasteiger partial charge in [0.25, 0.3) is 0 Å². The molecule has 0 aromatic carbocycles. The van der Waals surface area contributed by atoms with Gasteiger partial charge >= 0.3 is 0 Å². The highest BCUT2D eigenvalue weighted by atomic mass is 35.5. The van der Waals surface area contributed by atoms with Gasteiger partial charge in [-0.05, 0) is 27.1 Å². The van der Waals surface area contributed by atoms with Crippen LogP contribution in [0.4, 0.5) is 0 Å². The second-order valence-electron chi connectivity index (χ2n) is 2.66. The second kappa shape index (κ2) is 12.3. The number of aliphatic imine (C=N–C) groups is 1. The van der Waals surface area contributed by atoms with Crippen LogP contribution in [-0.2, 0) is 0 Å². The Hall–Kier alpha value is 0.300. The van der Waals surface area contributed by atoms with E-state index >= 15 is 0 Å². The normalized spacial score (nSPS) is 10.6. The van der Waals surface area contributed by atoms with Crippen LogP contribution in [0, 0.1) is 0 Å². The molecule has 0 saturated heterocycles. The van der Waals surface area contributed by atoms with Gasteiger partial charge in [0.05, 0.1) is 5.88 Å². The molecule has 3 nitrogen and oxygen atoms in total. The Bertz CT molecular complexity index is 128. The van der Waals surface area contributed by atoms with Crippen molar-refractivity contribution in [2.24, 2.45) is 10.7 Å². The fourth-order valence-electron chi connectivity index (χ4n) is 0.652. The van der Waals surface area contributed by atoms with Gasteiger partial charge < -0.3 is 10.6 Å². The summed E-state index contributed by atoms with van der Waals surface area (Å²) in [6, 6.07) is 0. The van der Waals surface area contributed by atoms with Gasteiger partial charge in [-0.2, -0.15) is 0 Å². The van der Waals surface area contributed by atoms with Crippen LogP contribution in [0.25, 0.3) is 0 Å². The molecule has 82 valence electrons. The lowest BCUT2D eigenvalue weighted by Crippen LogP contribution is -2.16. The van der Waals surface area contributed by atoms with Crippen molar-refractivity contribution in [1.82, 2.24) is 4.90 Å². The van der Waals surface area contributed by atoms with E-state index < -0.39 is 0 Å². The standard InChI is InChI=1S/C7H16ClN3.2ClH/c1-11(2)5-3-4-10-7(9)6-8;;/h3-6H2,1-2H3,(H2,9,10);2*1H. The number of hydrogen-bond acceptors (Lipinski definition) is 2. The summed E-state index contributed by atoms with van der Waals surface area (Å²) in [5.41, 5.74) is 5.39. The molecular formula is C7H18Cl3N3. The van der Waals surface area contributed by atoms with E-state index in [0.29, 0.717) is 11.7 Å². The van der Waals surface area contributed by atoms with Gasteiger partial charge in [0.2, 0.25) is 0 Å². The van der Waals surface area contributed by atoms with E-state index in [1.54, 1.807) is 0 Å². The van der Waals surface area contributed by atoms with E-state index in [1.807, 2.05) is 14.1 Å². The first-order valence-electron chi connectivity index (χ1n) is 3.66. The van der Waals surface area contributed by atoms with E-state index in [1.165, 1.54) is 0 Å². The SMILES string of the molecule is CN(C)CCCN=C(N)CCl.Cl.Cl. The van der Waals surface area contributed by atoms with Crippen molar-refractivity contribution in [2.75, 3.05) is 33.1 Å². The lowest BCUT2D eigenvalue weighted by molar-refractivity contribution is 0.403. The predicted molar refractivity (Wildman–Crippen MR) is 64.9 cm³/mol. The number of alkyl halides is 1. The fraction of sp³-hybridized carbons (Fsp3) is 0.857. The average molecular weight is 251 g/mol. The van der Waals surface area contributed by atoms with Crippen LogP contribution in [0.3, 0.4) is 0 Å².